The van der Waals surface area contributed by atoms with Gasteiger partial charge in [0.2, 0.25) is 0 Å². The molecular weight excluding hydrogens is 226 g/mol. The zero-order valence-electron chi connectivity index (χ0n) is 10.5. The van der Waals surface area contributed by atoms with Gasteiger partial charge in [-0.25, -0.2) is 14.7 Å². The number of hydrogen-bond acceptors (Lipinski definition) is 3. The lowest BCUT2D eigenvalue weighted by atomic mass is 10.1. The molecule has 0 radical (unpaired) electrons. The highest BCUT2D eigenvalue weighted by atomic mass is 15.4. The number of nitrogens with two attached hydrogens (primary N) is 1. The van der Waals surface area contributed by atoms with Crippen molar-refractivity contribution >= 4 is 11.5 Å². The van der Waals surface area contributed by atoms with Gasteiger partial charge in [-0.3, -0.25) is 0 Å². The molecule has 2 N–H and O–H groups in total. The molecule has 94 valence electrons. The van der Waals surface area contributed by atoms with Gasteiger partial charge in [0, 0.05) is 31.4 Å². The van der Waals surface area contributed by atoms with Gasteiger partial charge in [-0.15, -0.1) is 0 Å². The minimum Gasteiger partial charge on any atom is -0.387 e. The standard InChI is InChI=1S/C13H17N5/c1-3-12(14)15-7-6-10(2)11-4-5-13-16-8-9-18(13)17-11/h6-9H,2-5H2,1H3,(H2,14,15)/b7-6-. The lowest BCUT2D eigenvalue weighted by Crippen LogP contribution is -2.13. The van der Waals surface area contributed by atoms with Crippen LogP contribution in [0.1, 0.15) is 25.6 Å². The van der Waals surface area contributed by atoms with Crippen molar-refractivity contribution in [3.05, 3.63) is 42.6 Å². The molecule has 0 spiro atoms. The smallest absolute Gasteiger partial charge is 0.130 e. The molecule has 0 bridgehead atoms. The Labute approximate surface area is 106 Å². The SMILES string of the molecule is C=C(/C=C\N=C(N)CC)C1=Nn2ccnc2CC1. The van der Waals surface area contributed by atoms with Gasteiger partial charge in [0.15, 0.2) is 0 Å². The fourth-order valence-corrected chi connectivity index (χ4v) is 1.64. The maximum atomic E-state index is 5.61. The van der Waals surface area contributed by atoms with E-state index in [1.54, 1.807) is 17.1 Å². The van der Waals surface area contributed by atoms with E-state index in [0.29, 0.717) is 5.84 Å². The second kappa shape index (κ2) is 5.44. The summed E-state index contributed by atoms with van der Waals surface area (Å²) >= 11 is 0. The topological polar surface area (TPSA) is 68.6 Å². The highest BCUT2D eigenvalue weighted by molar-refractivity contribution is 6.02. The van der Waals surface area contributed by atoms with Gasteiger partial charge in [-0.1, -0.05) is 13.5 Å². The van der Waals surface area contributed by atoms with E-state index in [4.69, 9.17) is 5.73 Å². The average Bonchev–Trinajstić information content (AvgIpc) is 2.85. The first-order chi connectivity index (χ1) is 8.70. The van der Waals surface area contributed by atoms with Crippen LogP contribution in [-0.4, -0.2) is 21.2 Å². The van der Waals surface area contributed by atoms with Crippen molar-refractivity contribution in [3.8, 4) is 0 Å². The summed E-state index contributed by atoms with van der Waals surface area (Å²) in [4.78, 5) is 8.31. The number of rotatable bonds is 4. The minimum absolute atomic E-state index is 0.613. The summed E-state index contributed by atoms with van der Waals surface area (Å²) in [5.41, 5.74) is 7.44. The number of hydrogen-bond donors (Lipinski definition) is 1. The first kappa shape index (κ1) is 12.3. The zero-order chi connectivity index (χ0) is 13.0. The average molecular weight is 243 g/mol. The van der Waals surface area contributed by atoms with E-state index in [-0.39, 0.29) is 0 Å². The van der Waals surface area contributed by atoms with Gasteiger partial charge in [0.05, 0.1) is 11.5 Å². The minimum atomic E-state index is 0.613. The van der Waals surface area contributed by atoms with E-state index in [1.165, 1.54) is 0 Å². The van der Waals surface area contributed by atoms with Crippen LogP contribution in [-0.2, 0) is 6.42 Å². The van der Waals surface area contributed by atoms with E-state index in [2.05, 4.69) is 21.7 Å². The number of fused-ring (bicyclic) bond motifs is 1. The highest BCUT2D eigenvalue weighted by Gasteiger charge is 2.13. The molecule has 1 aromatic heterocycles. The molecule has 1 aromatic rings. The van der Waals surface area contributed by atoms with Crippen molar-refractivity contribution in [2.75, 3.05) is 0 Å². The third-order valence-corrected chi connectivity index (χ3v) is 2.76. The Morgan fingerprint density at radius 2 is 2.44 bits per heavy atom. The van der Waals surface area contributed by atoms with Crippen molar-refractivity contribution in [1.82, 2.24) is 9.66 Å². The van der Waals surface area contributed by atoms with Crippen LogP contribution in [0.25, 0.3) is 0 Å². The van der Waals surface area contributed by atoms with E-state index < -0.39 is 0 Å². The number of amidine groups is 1. The maximum Gasteiger partial charge on any atom is 0.130 e. The Hall–Kier alpha value is -2.17. The molecule has 0 atom stereocenters. The van der Waals surface area contributed by atoms with Gasteiger partial charge in [-0.05, 0) is 18.1 Å². The van der Waals surface area contributed by atoms with Crippen LogP contribution >= 0.6 is 0 Å². The Morgan fingerprint density at radius 3 is 3.22 bits per heavy atom. The summed E-state index contributed by atoms with van der Waals surface area (Å²) in [6.07, 6.45) is 9.60. The lowest BCUT2D eigenvalue weighted by molar-refractivity contribution is 0.731. The maximum absolute atomic E-state index is 5.61. The number of nitrogens with zero attached hydrogens (tertiary/aromatic N) is 4. The Kier molecular flexibility index (Phi) is 3.72. The normalized spacial score (nSPS) is 15.6. The summed E-state index contributed by atoms with van der Waals surface area (Å²) in [5, 5.41) is 4.46. The van der Waals surface area contributed by atoms with E-state index in [0.717, 1.165) is 36.4 Å². The molecule has 2 heterocycles. The second-order valence-corrected chi connectivity index (χ2v) is 4.05. The Balaban J connectivity index is 2.08. The molecule has 18 heavy (non-hydrogen) atoms. The van der Waals surface area contributed by atoms with Crippen molar-refractivity contribution in [2.24, 2.45) is 15.8 Å². The lowest BCUT2D eigenvalue weighted by Gasteiger charge is -2.13. The second-order valence-electron chi connectivity index (χ2n) is 4.05. The van der Waals surface area contributed by atoms with Crippen LogP contribution in [0.2, 0.25) is 0 Å². The number of aromatic nitrogens is 2. The summed E-state index contributed by atoms with van der Waals surface area (Å²) < 4.78 is 1.79. The van der Waals surface area contributed by atoms with Crippen LogP contribution in [0.5, 0.6) is 0 Å². The van der Waals surface area contributed by atoms with Gasteiger partial charge < -0.3 is 5.73 Å². The van der Waals surface area contributed by atoms with Crippen LogP contribution in [0, 0.1) is 0 Å². The Morgan fingerprint density at radius 1 is 1.61 bits per heavy atom. The largest absolute Gasteiger partial charge is 0.387 e. The molecule has 1 aliphatic rings. The summed E-state index contributed by atoms with van der Waals surface area (Å²) in [7, 11) is 0. The fourth-order valence-electron chi connectivity index (χ4n) is 1.64. The third-order valence-electron chi connectivity index (χ3n) is 2.76. The first-order valence-corrected chi connectivity index (χ1v) is 5.98. The van der Waals surface area contributed by atoms with E-state index in [9.17, 15) is 0 Å². The molecule has 0 saturated carbocycles. The number of aryl methyl sites for hydroxylation is 1. The molecule has 5 heteroatoms. The third kappa shape index (κ3) is 2.74. The molecule has 5 nitrogen and oxygen atoms in total. The van der Waals surface area contributed by atoms with E-state index >= 15 is 0 Å². The number of allylic oxidation sites excluding steroid dienone is 2. The number of imidazole rings is 1. The van der Waals surface area contributed by atoms with Crippen molar-refractivity contribution in [3.63, 3.8) is 0 Å². The fraction of sp³-hybridized carbons (Fsp3) is 0.308. The van der Waals surface area contributed by atoms with Gasteiger partial charge in [-0.2, -0.15) is 5.10 Å². The zero-order valence-corrected chi connectivity index (χ0v) is 10.5. The predicted octanol–water partition coefficient (Wildman–Crippen LogP) is 1.87. The summed E-state index contributed by atoms with van der Waals surface area (Å²) in [6.45, 7) is 5.96. The van der Waals surface area contributed by atoms with Crippen LogP contribution < -0.4 is 5.73 Å². The van der Waals surface area contributed by atoms with E-state index in [1.807, 2.05) is 19.2 Å². The molecule has 0 aliphatic carbocycles. The van der Waals surface area contributed by atoms with Crippen LogP contribution in [0.15, 0.2) is 46.9 Å². The molecule has 0 amide bonds. The quantitative estimate of drug-likeness (QED) is 0.498. The van der Waals surface area contributed by atoms with Crippen molar-refractivity contribution in [2.45, 2.75) is 26.2 Å². The molecule has 0 saturated heterocycles. The molecular formula is C13H17N5. The summed E-state index contributed by atoms with van der Waals surface area (Å²) in [6, 6.07) is 0. The first-order valence-electron chi connectivity index (χ1n) is 5.98. The Bertz CT molecular complexity index is 533. The number of aliphatic imine (C=N–C) groups is 1. The van der Waals surface area contributed by atoms with Gasteiger partial charge in [0.25, 0.3) is 0 Å². The molecule has 2 rings (SSSR count). The van der Waals surface area contributed by atoms with Crippen LogP contribution in [0.3, 0.4) is 0 Å². The van der Waals surface area contributed by atoms with Crippen molar-refractivity contribution < 1.29 is 0 Å². The van der Waals surface area contributed by atoms with Gasteiger partial charge in [0.1, 0.15) is 5.82 Å². The molecule has 1 aliphatic heterocycles. The predicted molar refractivity (Wildman–Crippen MR) is 73.6 cm³/mol. The molecule has 0 fully saturated rings. The van der Waals surface area contributed by atoms with Crippen LogP contribution in [0.4, 0.5) is 0 Å². The van der Waals surface area contributed by atoms with Crippen molar-refractivity contribution in [1.29, 1.82) is 0 Å². The summed E-state index contributed by atoms with van der Waals surface area (Å²) in [5.74, 6) is 1.60. The van der Waals surface area contributed by atoms with Gasteiger partial charge >= 0.3 is 0 Å². The molecule has 0 unspecified atom stereocenters. The highest BCUT2D eigenvalue weighted by Crippen LogP contribution is 2.13. The molecule has 0 aromatic carbocycles. The monoisotopic (exact) mass is 243 g/mol.